The van der Waals surface area contributed by atoms with Crippen LogP contribution in [-0.4, -0.2) is 18.6 Å². The van der Waals surface area contributed by atoms with E-state index in [1.807, 2.05) is 18.2 Å². The highest BCUT2D eigenvalue weighted by Crippen LogP contribution is 2.12. The van der Waals surface area contributed by atoms with E-state index in [2.05, 4.69) is 24.4 Å². The summed E-state index contributed by atoms with van der Waals surface area (Å²) in [7, 11) is 0. The molecular formula is C13H15NO2. The molecule has 0 aromatic heterocycles. The highest BCUT2D eigenvalue weighted by Gasteiger charge is 2.16. The van der Waals surface area contributed by atoms with Crippen molar-refractivity contribution in [2.24, 2.45) is 0 Å². The maximum Gasteiger partial charge on any atom is 0.331 e. The van der Waals surface area contributed by atoms with Crippen molar-refractivity contribution < 1.29 is 9.53 Å². The van der Waals surface area contributed by atoms with Crippen LogP contribution in [0.5, 0.6) is 0 Å². The molecule has 0 bridgehead atoms. The Kier molecular flexibility index (Phi) is 3.37. The minimum absolute atomic E-state index is 0.126. The molecule has 0 fully saturated rings. The van der Waals surface area contributed by atoms with Gasteiger partial charge in [0.1, 0.15) is 6.10 Å². The van der Waals surface area contributed by atoms with Gasteiger partial charge < -0.3 is 10.1 Å². The number of hydrogen-bond acceptors (Lipinski definition) is 3. The van der Waals surface area contributed by atoms with E-state index in [-0.39, 0.29) is 18.1 Å². The van der Waals surface area contributed by atoms with E-state index < -0.39 is 0 Å². The SMILES string of the molecule is C[C@H](NC[C@H]1C=CC(=O)O1)c1ccccc1. The summed E-state index contributed by atoms with van der Waals surface area (Å²) in [6.07, 6.45) is 3.13. The van der Waals surface area contributed by atoms with Crippen molar-refractivity contribution in [2.75, 3.05) is 6.54 Å². The van der Waals surface area contributed by atoms with E-state index in [0.717, 1.165) is 0 Å². The summed E-state index contributed by atoms with van der Waals surface area (Å²) < 4.78 is 5.04. The van der Waals surface area contributed by atoms with Gasteiger partial charge in [0.2, 0.25) is 0 Å². The number of esters is 1. The normalized spacial score (nSPS) is 20.8. The van der Waals surface area contributed by atoms with Gasteiger partial charge in [-0.05, 0) is 18.6 Å². The molecule has 0 amide bonds. The minimum atomic E-state index is -0.251. The lowest BCUT2D eigenvalue weighted by Crippen LogP contribution is -2.28. The second-order valence-corrected chi connectivity index (χ2v) is 3.88. The minimum Gasteiger partial charge on any atom is -0.454 e. The zero-order valence-electron chi connectivity index (χ0n) is 9.22. The largest absolute Gasteiger partial charge is 0.454 e. The molecule has 1 aliphatic heterocycles. The molecule has 2 rings (SSSR count). The molecule has 16 heavy (non-hydrogen) atoms. The van der Waals surface area contributed by atoms with Crippen molar-refractivity contribution in [1.82, 2.24) is 5.32 Å². The van der Waals surface area contributed by atoms with Crippen LogP contribution in [0.3, 0.4) is 0 Å². The van der Waals surface area contributed by atoms with Gasteiger partial charge in [-0.25, -0.2) is 4.79 Å². The van der Waals surface area contributed by atoms with Gasteiger partial charge in [0, 0.05) is 18.7 Å². The number of nitrogens with one attached hydrogen (secondary N) is 1. The summed E-state index contributed by atoms with van der Waals surface area (Å²) in [5, 5.41) is 3.33. The first-order valence-corrected chi connectivity index (χ1v) is 5.43. The molecular weight excluding hydrogens is 202 g/mol. The van der Waals surface area contributed by atoms with Crippen LogP contribution in [0.15, 0.2) is 42.5 Å². The van der Waals surface area contributed by atoms with Gasteiger partial charge in [0.05, 0.1) is 0 Å². The fourth-order valence-electron chi connectivity index (χ4n) is 1.68. The number of benzene rings is 1. The number of rotatable bonds is 4. The fraction of sp³-hybridized carbons (Fsp3) is 0.308. The summed E-state index contributed by atoms with van der Waals surface area (Å²) in [6.45, 7) is 2.74. The lowest BCUT2D eigenvalue weighted by atomic mass is 10.1. The van der Waals surface area contributed by atoms with Crippen LogP contribution in [0.1, 0.15) is 18.5 Å². The van der Waals surface area contributed by atoms with Gasteiger partial charge in [0.15, 0.2) is 0 Å². The zero-order chi connectivity index (χ0) is 11.4. The summed E-state index contributed by atoms with van der Waals surface area (Å²) >= 11 is 0. The van der Waals surface area contributed by atoms with Gasteiger partial charge in [-0.2, -0.15) is 0 Å². The van der Waals surface area contributed by atoms with Gasteiger partial charge in [-0.3, -0.25) is 0 Å². The van der Waals surface area contributed by atoms with Gasteiger partial charge in [0.25, 0.3) is 0 Å². The van der Waals surface area contributed by atoms with Crippen LogP contribution in [0.25, 0.3) is 0 Å². The van der Waals surface area contributed by atoms with E-state index in [9.17, 15) is 4.79 Å². The molecule has 0 unspecified atom stereocenters. The molecule has 3 nitrogen and oxygen atoms in total. The monoisotopic (exact) mass is 217 g/mol. The maximum absolute atomic E-state index is 10.8. The first kappa shape index (κ1) is 10.9. The van der Waals surface area contributed by atoms with E-state index in [1.165, 1.54) is 11.6 Å². The van der Waals surface area contributed by atoms with E-state index in [4.69, 9.17) is 4.74 Å². The molecule has 1 heterocycles. The molecule has 0 radical (unpaired) electrons. The van der Waals surface area contributed by atoms with Crippen LogP contribution in [0, 0.1) is 0 Å². The Morgan fingerprint density at radius 1 is 1.38 bits per heavy atom. The smallest absolute Gasteiger partial charge is 0.331 e. The molecule has 1 aliphatic rings. The quantitative estimate of drug-likeness (QED) is 0.782. The number of carbonyl (C=O) groups is 1. The topological polar surface area (TPSA) is 38.3 Å². The fourth-order valence-corrected chi connectivity index (χ4v) is 1.68. The average Bonchev–Trinajstić information content (AvgIpc) is 2.73. The van der Waals surface area contributed by atoms with Crippen molar-refractivity contribution in [1.29, 1.82) is 0 Å². The molecule has 1 aromatic rings. The summed E-state index contributed by atoms with van der Waals surface area (Å²) in [5.74, 6) is -0.251. The number of cyclic esters (lactones) is 1. The van der Waals surface area contributed by atoms with Crippen molar-refractivity contribution in [3.8, 4) is 0 Å². The third kappa shape index (κ3) is 2.70. The Labute approximate surface area is 95.1 Å². The second kappa shape index (κ2) is 4.94. The lowest BCUT2D eigenvalue weighted by Gasteiger charge is -2.16. The maximum atomic E-state index is 10.8. The molecule has 1 N–H and O–H groups in total. The Balaban J connectivity index is 1.82. The Morgan fingerprint density at radius 2 is 2.12 bits per heavy atom. The van der Waals surface area contributed by atoms with Gasteiger partial charge >= 0.3 is 5.97 Å². The third-order valence-corrected chi connectivity index (χ3v) is 2.64. The molecule has 84 valence electrons. The zero-order valence-corrected chi connectivity index (χ0v) is 9.22. The summed E-state index contributed by atoms with van der Waals surface area (Å²) in [6, 6.07) is 10.4. The second-order valence-electron chi connectivity index (χ2n) is 3.88. The molecule has 0 aliphatic carbocycles. The highest BCUT2D eigenvalue weighted by molar-refractivity contribution is 5.84. The van der Waals surface area contributed by atoms with E-state index in [1.54, 1.807) is 6.08 Å². The molecule has 0 saturated heterocycles. The Morgan fingerprint density at radius 3 is 2.75 bits per heavy atom. The van der Waals surface area contributed by atoms with Gasteiger partial charge in [-0.15, -0.1) is 0 Å². The number of carbonyl (C=O) groups excluding carboxylic acids is 1. The van der Waals surface area contributed by atoms with Crippen LogP contribution in [0.2, 0.25) is 0 Å². The van der Waals surface area contributed by atoms with E-state index >= 15 is 0 Å². The first-order valence-electron chi connectivity index (χ1n) is 5.43. The Hall–Kier alpha value is -1.61. The number of ether oxygens (including phenoxy) is 1. The van der Waals surface area contributed by atoms with Crippen LogP contribution in [-0.2, 0) is 9.53 Å². The number of hydrogen-bond donors (Lipinski definition) is 1. The van der Waals surface area contributed by atoms with Gasteiger partial charge in [-0.1, -0.05) is 30.3 Å². The summed E-state index contributed by atoms with van der Waals surface area (Å²) in [5.41, 5.74) is 1.23. The molecule has 1 aromatic carbocycles. The van der Waals surface area contributed by atoms with Crippen LogP contribution in [0.4, 0.5) is 0 Å². The standard InChI is InChI=1S/C13H15NO2/c1-10(11-5-3-2-4-6-11)14-9-12-7-8-13(15)16-12/h2-8,10,12,14H,9H2,1H3/t10-,12+/m0/s1. The van der Waals surface area contributed by atoms with Crippen LogP contribution < -0.4 is 5.32 Å². The van der Waals surface area contributed by atoms with Crippen molar-refractivity contribution in [3.05, 3.63) is 48.0 Å². The molecule has 0 spiro atoms. The molecule has 0 saturated carbocycles. The van der Waals surface area contributed by atoms with Crippen molar-refractivity contribution in [3.63, 3.8) is 0 Å². The van der Waals surface area contributed by atoms with Crippen LogP contribution >= 0.6 is 0 Å². The highest BCUT2D eigenvalue weighted by atomic mass is 16.5. The third-order valence-electron chi connectivity index (χ3n) is 2.64. The van der Waals surface area contributed by atoms with Crippen molar-refractivity contribution in [2.45, 2.75) is 19.1 Å². The first-order chi connectivity index (χ1) is 7.75. The summed E-state index contributed by atoms with van der Waals surface area (Å²) in [4.78, 5) is 10.8. The van der Waals surface area contributed by atoms with Crippen molar-refractivity contribution >= 4 is 5.97 Å². The molecule has 3 heteroatoms. The average molecular weight is 217 g/mol. The lowest BCUT2D eigenvalue weighted by molar-refractivity contribution is -0.138. The predicted octanol–water partition coefficient (Wildman–Crippen LogP) is 1.82. The Bertz CT molecular complexity index is 386. The molecule has 2 atom stereocenters. The van der Waals surface area contributed by atoms with E-state index in [0.29, 0.717) is 6.54 Å². The predicted molar refractivity (Wildman–Crippen MR) is 61.9 cm³/mol.